The van der Waals surface area contributed by atoms with Crippen LogP contribution in [0.5, 0.6) is 0 Å². The number of carbonyl (C=O) groups excluding carboxylic acids is 1. The third-order valence-corrected chi connectivity index (χ3v) is 3.56. The second kappa shape index (κ2) is 8.77. The summed E-state index contributed by atoms with van der Waals surface area (Å²) in [6.07, 6.45) is 1.69. The molecule has 5 heteroatoms. The fraction of sp³-hybridized carbons (Fsp3) is 0.857. The molecule has 0 aliphatic rings. The quantitative estimate of drug-likeness (QED) is 0.713. The maximum Gasteiger partial charge on any atom is 0.317 e. The van der Waals surface area contributed by atoms with Crippen LogP contribution in [0.25, 0.3) is 0 Å². The maximum atomic E-state index is 11.7. The molecule has 0 spiro atoms. The molecule has 0 rings (SSSR count). The van der Waals surface area contributed by atoms with Crippen molar-refractivity contribution in [1.29, 1.82) is 0 Å². The number of carboxylic acids is 1. The van der Waals surface area contributed by atoms with Crippen molar-refractivity contribution in [3.05, 3.63) is 0 Å². The van der Waals surface area contributed by atoms with Gasteiger partial charge in [-0.2, -0.15) is 0 Å². The summed E-state index contributed by atoms with van der Waals surface area (Å²) in [7, 11) is 1.77. The highest BCUT2D eigenvalue weighted by Gasteiger charge is 2.16. The summed E-state index contributed by atoms with van der Waals surface area (Å²) in [5.41, 5.74) is 0. The van der Waals surface area contributed by atoms with E-state index in [1.54, 1.807) is 11.9 Å². The second-order valence-electron chi connectivity index (χ2n) is 5.66. The normalized spacial score (nSPS) is 12.6. The molecular formula is C14H28N2O3. The number of carboxylic acid groups (broad SMARTS) is 1. The van der Waals surface area contributed by atoms with Gasteiger partial charge in [0.2, 0.25) is 0 Å². The average molecular weight is 272 g/mol. The molecule has 0 fully saturated rings. The summed E-state index contributed by atoms with van der Waals surface area (Å²) in [5, 5.41) is 11.6. The molecule has 2 N–H and O–H groups in total. The largest absolute Gasteiger partial charge is 0.481 e. The van der Waals surface area contributed by atoms with E-state index in [0.717, 1.165) is 6.42 Å². The summed E-state index contributed by atoms with van der Waals surface area (Å²) in [6.45, 7) is 8.70. The Morgan fingerprint density at radius 3 is 2.16 bits per heavy atom. The first-order valence-electron chi connectivity index (χ1n) is 6.98. The van der Waals surface area contributed by atoms with Gasteiger partial charge in [-0.3, -0.25) is 4.79 Å². The predicted octanol–water partition coefficient (Wildman–Crippen LogP) is 2.56. The molecule has 2 amide bonds. The number of rotatable bonds is 8. The lowest BCUT2D eigenvalue weighted by molar-refractivity contribution is -0.137. The van der Waals surface area contributed by atoms with Gasteiger partial charge in [0.05, 0.1) is 0 Å². The van der Waals surface area contributed by atoms with Crippen LogP contribution in [0.1, 0.15) is 47.0 Å². The van der Waals surface area contributed by atoms with Gasteiger partial charge in [0.25, 0.3) is 0 Å². The molecule has 0 saturated carbocycles. The second-order valence-corrected chi connectivity index (χ2v) is 5.66. The van der Waals surface area contributed by atoms with Crippen molar-refractivity contribution in [2.24, 2.45) is 11.8 Å². The van der Waals surface area contributed by atoms with E-state index in [1.165, 1.54) is 0 Å². The van der Waals surface area contributed by atoms with E-state index >= 15 is 0 Å². The molecule has 1 unspecified atom stereocenters. The van der Waals surface area contributed by atoms with Crippen LogP contribution in [0.2, 0.25) is 0 Å². The molecule has 112 valence electrons. The predicted molar refractivity (Wildman–Crippen MR) is 76.1 cm³/mol. The molecule has 0 aliphatic carbocycles. The lowest BCUT2D eigenvalue weighted by Crippen LogP contribution is -2.41. The summed E-state index contributed by atoms with van der Waals surface area (Å²) < 4.78 is 0. The zero-order valence-corrected chi connectivity index (χ0v) is 12.8. The van der Waals surface area contributed by atoms with Gasteiger partial charge < -0.3 is 15.3 Å². The van der Waals surface area contributed by atoms with E-state index in [-0.39, 0.29) is 18.5 Å². The number of nitrogens with one attached hydrogen (secondary N) is 1. The minimum atomic E-state index is -0.755. The number of urea groups is 1. The molecule has 0 heterocycles. The SMILES string of the molecule is CC(C)C(CCNC(=O)N(C)C(C)C)CCC(=O)O. The van der Waals surface area contributed by atoms with Crippen molar-refractivity contribution in [1.82, 2.24) is 10.2 Å². The number of carbonyl (C=O) groups is 2. The van der Waals surface area contributed by atoms with Gasteiger partial charge in [0.1, 0.15) is 0 Å². The van der Waals surface area contributed by atoms with Crippen LogP contribution in [0.3, 0.4) is 0 Å². The number of hydrogen-bond donors (Lipinski definition) is 2. The molecule has 19 heavy (non-hydrogen) atoms. The van der Waals surface area contributed by atoms with Gasteiger partial charge in [-0.05, 0) is 38.5 Å². The smallest absolute Gasteiger partial charge is 0.317 e. The van der Waals surface area contributed by atoms with E-state index in [9.17, 15) is 9.59 Å². The molecule has 0 bridgehead atoms. The summed E-state index contributed by atoms with van der Waals surface area (Å²) in [6, 6.07) is 0.101. The molecule has 0 aromatic carbocycles. The van der Waals surface area contributed by atoms with Gasteiger partial charge in [-0.15, -0.1) is 0 Å². The zero-order chi connectivity index (χ0) is 15.0. The number of amides is 2. The van der Waals surface area contributed by atoms with Crippen LogP contribution in [-0.2, 0) is 4.79 Å². The van der Waals surface area contributed by atoms with Crippen molar-refractivity contribution in [3.8, 4) is 0 Å². The first-order valence-corrected chi connectivity index (χ1v) is 6.98. The number of aliphatic carboxylic acids is 1. The van der Waals surface area contributed by atoms with E-state index in [1.807, 2.05) is 13.8 Å². The highest BCUT2D eigenvalue weighted by atomic mass is 16.4. The summed E-state index contributed by atoms with van der Waals surface area (Å²) in [4.78, 5) is 24.0. The minimum absolute atomic E-state index is 0.0734. The monoisotopic (exact) mass is 272 g/mol. The molecular weight excluding hydrogens is 244 g/mol. The van der Waals surface area contributed by atoms with Crippen LogP contribution in [-0.4, -0.2) is 41.6 Å². The Morgan fingerprint density at radius 2 is 1.74 bits per heavy atom. The number of hydrogen-bond acceptors (Lipinski definition) is 2. The molecule has 0 aromatic heterocycles. The van der Waals surface area contributed by atoms with E-state index in [0.29, 0.717) is 24.8 Å². The first kappa shape index (κ1) is 17.7. The fourth-order valence-corrected chi connectivity index (χ4v) is 1.84. The van der Waals surface area contributed by atoms with Crippen molar-refractivity contribution in [2.75, 3.05) is 13.6 Å². The van der Waals surface area contributed by atoms with Crippen LogP contribution in [0, 0.1) is 11.8 Å². The Labute approximate surface area is 116 Å². The van der Waals surface area contributed by atoms with Gasteiger partial charge in [0, 0.05) is 26.1 Å². The third-order valence-electron chi connectivity index (χ3n) is 3.56. The molecule has 0 aliphatic heterocycles. The first-order chi connectivity index (χ1) is 8.75. The highest BCUT2D eigenvalue weighted by Crippen LogP contribution is 2.20. The van der Waals surface area contributed by atoms with Crippen LogP contribution >= 0.6 is 0 Å². The number of nitrogens with zero attached hydrogens (tertiary/aromatic N) is 1. The fourth-order valence-electron chi connectivity index (χ4n) is 1.84. The van der Waals surface area contributed by atoms with Gasteiger partial charge in [0.15, 0.2) is 0 Å². The van der Waals surface area contributed by atoms with Crippen molar-refractivity contribution in [3.63, 3.8) is 0 Å². The lowest BCUT2D eigenvalue weighted by Gasteiger charge is -2.24. The van der Waals surface area contributed by atoms with Gasteiger partial charge in [-0.1, -0.05) is 13.8 Å². The summed E-state index contributed by atoms with van der Waals surface area (Å²) >= 11 is 0. The Hall–Kier alpha value is -1.26. The van der Waals surface area contributed by atoms with Crippen molar-refractivity contribution >= 4 is 12.0 Å². The molecule has 1 atom stereocenters. The lowest BCUT2D eigenvalue weighted by atomic mass is 9.88. The van der Waals surface area contributed by atoms with Crippen LogP contribution in [0.4, 0.5) is 4.79 Å². The van der Waals surface area contributed by atoms with E-state index in [4.69, 9.17) is 5.11 Å². The minimum Gasteiger partial charge on any atom is -0.481 e. The molecule has 5 nitrogen and oxygen atoms in total. The third kappa shape index (κ3) is 7.70. The Balaban J connectivity index is 4.06. The van der Waals surface area contributed by atoms with E-state index in [2.05, 4.69) is 19.2 Å². The topological polar surface area (TPSA) is 69.6 Å². The van der Waals surface area contributed by atoms with Crippen molar-refractivity contribution in [2.45, 2.75) is 53.0 Å². The average Bonchev–Trinajstić information content (AvgIpc) is 2.31. The van der Waals surface area contributed by atoms with Gasteiger partial charge >= 0.3 is 12.0 Å². The van der Waals surface area contributed by atoms with Crippen LogP contribution < -0.4 is 5.32 Å². The highest BCUT2D eigenvalue weighted by molar-refractivity contribution is 5.74. The van der Waals surface area contributed by atoms with E-state index < -0.39 is 5.97 Å². The molecule has 0 aromatic rings. The standard InChI is InChI=1S/C14H28N2O3/c1-10(2)12(6-7-13(17)18)8-9-15-14(19)16(5)11(3)4/h10-12H,6-9H2,1-5H3,(H,15,19)(H,17,18). The Kier molecular flexibility index (Phi) is 8.19. The van der Waals surface area contributed by atoms with Crippen molar-refractivity contribution < 1.29 is 14.7 Å². The molecule has 0 saturated heterocycles. The van der Waals surface area contributed by atoms with Gasteiger partial charge in [-0.25, -0.2) is 4.79 Å². The maximum absolute atomic E-state index is 11.7. The van der Waals surface area contributed by atoms with Crippen LogP contribution in [0.15, 0.2) is 0 Å². The zero-order valence-electron chi connectivity index (χ0n) is 12.8. The molecule has 0 radical (unpaired) electrons. The summed E-state index contributed by atoms with van der Waals surface area (Å²) in [5.74, 6) is 0.00839. The Morgan fingerprint density at radius 1 is 1.16 bits per heavy atom. The Bertz CT molecular complexity index is 290.